The number of anilines is 1. The SMILES string of the molecule is CS(=O)(=O)N(CCNC(=O)c1c(F)cccc1Cl)c1ccc(C#N)cc1. The third-order valence-corrected chi connectivity index (χ3v) is 4.98. The minimum atomic E-state index is -3.62. The van der Waals surface area contributed by atoms with Gasteiger partial charge in [0.15, 0.2) is 0 Å². The largest absolute Gasteiger partial charge is 0.350 e. The highest BCUT2D eigenvalue weighted by molar-refractivity contribution is 7.92. The summed E-state index contributed by atoms with van der Waals surface area (Å²) in [5, 5.41) is 11.2. The molecule has 0 fully saturated rings. The van der Waals surface area contributed by atoms with E-state index in [2.05, 4.69) is 5.32 Å². The molecule has 0 saturated heterocycles. The molecule has 0 aliphatic carbocycles. The average Bonchev–Trinajstić information content (AvgIpc) is 2.57. The summed E-state index contributed by atoms with van der Waals surface area (Å²) in [6.07, 6.45) is 1.03. The van der Waals surface area contributed by atoms with Crippen LogP contribution in [0.3, 0.4) is 0 Å². The van der Waals surface area contributed by atoms with Crippen molar-refractivity contribution in [2.75, 3.05) is 23.7 Å². The lowest BCUT2D eigenvalue weighted by molar-refractivity contribution is 0.0951. The van der Waals surface area contributed by atoms with Crippen LogP contribution in [0, 0.1) is 17.1 Å². The van der Waals surface area contributed by atoms with Gasteiger partial charge in [0.1, 0.15) is 5.82 Å². The Balaban J connectivity index is 2.11. The van der Waals surface area contributed by atoms with Crippen molar-refractivity contribution >= 4 is 33.2 Å². The molecule has 26 heavy (non-hydrogen) atoms. The van der Waals surface area contributed by atoms with Gasteiger partial charge in [-0.05, 0) is 36.4 Å². The predicted molar refractivity (Wildman–Crippen MR) is 97.1 cm³/mol. The first-order chi connectivity index (χ1) is 12.2. The summed E-state index contributed by atoms with van der Waals surface area (Å²) in [7, 11) is -3.62. The fourth-order valence-electron chi connectivity index (χ4n) is 2.26. The Morgan fingerprint density at radius 2 is 1.92 bits per heavy atom. The maximum atomic E-state index is 13.7. The molecule has 2 aromatic carbocycles. The molecule has 0 spiro atoms. The first-order valence-corrected chi connectivity index (χ1v) is 9.66. The van der Waals surface area contributed by atoms with Crippen molar-refractivity contribution < 1.29 is 17.6 Å². The van der Waals surface area contributed by atoms with Gasteiger partial charge >= 0.3 is 0 Å². The van der Waals surface area contributed by atoms with Crippen molar-refractivity contribution in [1.82, 2.24) is 5.32 Å². The topological polar surface area (TPSA) is 90.3 Å². The molecule has 6 nitrogen and oxygen atoms in total. The van der Waals surface area contributed by atoms with E-state index < -0.39 is 21.7 Å². The van der Waals surface area contributed by atoms with Crippen LogP contribution in [-0.4, -0.2) is 33.7 Å². The van der Waals surface area contributed by atoms with Crippen molar-refractivity contribution in [3.8, 4) is 6.07 Å². The molecule has 2 aromatic rings. The van der Waals surface area contributed by atoms with E-state index in [9.17, 15) is 17.6 Å². The second-order valence-corrected chi connectivity index (χ2v) is 7.66. The Morgan fingerprint density at radius 1 is 1.27 bits per heavy atom. The van der Waals surface area contributed by atoms with Crippen LogP contribution in [0.15, 0.2) is 42.5 Å². The standard InChI is InChI=1S/C17H15ClFN3O3S/c1-26(24,25)22(13-7-5-12(11-20)6-8-13)10-9-21-17(23)16-14(18)3-2-4-15(16)19/h2-8H,9-10H2,1H3,(H,21,23). The first-order valence-electron chi connectivity index (χ1n) is 7.44. The van der Waals surface area contributed by atoms with Gasteiger partial charge in [-0.25, -0.2) is 12.8 Å². The van der Waals surface area contributed by atoms with Crippen molar-refractivity contribution in [3.63, 3.8) is 0 Å². The van der Waals surface area contributed by atoms with Crippen LogP contribution >= 0.6 is 11.6 Å². The summed E-state index contributed by atoms with van der Waals surface area (Å²) in [5.74, 6) is -1.50. The molecule has 136 valence electrons. The van der Waals surface area contributed by atoms with Gasteiger partial charge < -0.3 is 5.32 Å². The third-order valence-electron chi connectivity index (χ3n) is 3.47. The second kappa shape index (κ2) is 8.17. The Hall–Kier alpha value is -2.63. The maximum Gasteiger partial charge on any atom is 0.255 e. The van der Waals surface area contributed by atoms with Gasteiger partial charge in [-0.15, -0.1) is 0 Å². The number of halogens is 2. The van der Waals surface area contributed by atoms with Crippen molar-refractivity contribution in [1.29, 1.82) is 5.26 Å². The number of carbonyl (C=O) groups is 1. The molecule has 0 atom stereocenters. The van der Waals surface area contributed by atoms with Gasteiger partial charge in [-0.2, -0.15) is 5.26 Å². The highest BCUT2D eigenvalue weighted by atomic mass is 35.5. The number of amides is 1. The number of nitrogens with zero attached hydrogens (tertiary/aromatic N) is 2. The van der Waals surface area contributed by atoms with Gasteiger partial charge in [-0.3, -0.25) is 9.10 Å². The third kappa shape index (κ3) is 4.71. The molecule has 1 N–H and O–H groups in total. The molecule has 0 aliphatic rings. The van der Waals surface area contributed by atoms with Crippen molar-refractivity contribution in [3.05, 3.63) is 64.4 Å². The molecule has 0 aliphatic heterocycles. The summed E-state index contributed by atoms with van der Waals surface area (Å²) in [4.78, 5) is 12.1. The van der Waals surface area contributed by atoms with Crippen molar-refractivity contribution in [2.45, 2.75) is 0 Å². The quantitative estimate of drug-likeness (QED) is 0.813. The number of rotatable bonds is 6. The molecule has 0 unspecified atom stereocenters. The lowest BCUT2D eigenvalue weighted by Crippen LogP contribution is -2.38. The molecular weight excluding hydrogens is 381 g/mol. The highest BCUT2D eigenvalue weighted by Crippen LogP contribution is 2.19. The van der Waals surface area contributed by atoms with E-state index in [1.807, 2.05) is 6.07 Å². The number of hydrogen-bond acceptors (Lipinski definition) is 4. The first kappa shape index (κ1) is 19.7. The van der Waals surface area contributed by atoms with Crippen LogP contribution < -0.4 is 9.62 Å². The van der Waals surface area contributed by atoms with Gasteiger partial charge in [-0.1, -0.05) is 17.7 Å². The smallest absolute Gasteiger partial charge is 0.255 e. The van der Waals surface area contributed by atoms with E-state index in [4.69, 9.17) is 16.9 Å². The van der Waals surface area contributed by atoms with E-state index in [1.165, 1.54) is 36.4 Å². The zero-order valence-electron chi connectivity index (χ0n) is 13.7. The lowest BCUT2D eigenvalue weighted by Gasteiger charge is -2.22. The van der Waals surface area contributed by atoms with Crippen LogP contribution in [0.1, 0.15) is 15.9 Å². The fraction of sp³-hybridized carbons (Fsp3) is 0.176. The lowest BCUT2D eigenvalue weighted by atomic mass is 10.2. The predicted octanol–water partition coefficient (Wildman–Crippen LogP) is 2.55. The number of benzene rings is 2. The van der Waals surface area contributed by atoms with E-state index in [0.29, 0.717) is 11.3 Å². The zero-order chi connectivity index (χ0) is 19.3. The summed E-state index contributed by atoms with van der Waals surface area (Å²) in [6, 6.07) is 11.8. The Morgan fingerprint density at radius 3 is 2.46 bits per heavy atom. The number of hydrogen-bond donors (Lipinski definition) is 1. The normalized spacial score (nSPS) is 10.8. The molecule has 0 saturated carbocycles. The molecule has 9 heteroatoms. The van der Waals surface area contributed by atoms with E-state index in [0.717, 1.165) is 16.6 Å². The molecular formula is C17H15ClFN3O3S. The van der Waals surface area contributed by atoms with Gasteiger partial charge in [0.05, 0.1) is 40.7 Å². The van der Waals surface area contributed by atoms with Crippen LogP contribution in [-0.2, 0) is 10.0 Å². The van der Waals surface area contributed by atoms with Gasteiger partial charge in [0.25, 0.3) is 5.91 Å². The van der Waals surface area contributed by atoms with Crippen LogP contribution in [0.2, 0.25) is 5.02 Å². The average molecular weight is 396 g/mol. The summed E-state index contributed by atoms with van der Waals surface area (Å²) < 4.78 is 38.8. The van der Waals surface area contributed by atoms with Crippen LogP contribution in [0.5, 0.6) is 0 Å². The molecule has 2 rings (SSSR count). The molecule has 0 radical (unpaired) electrons. The Kier molecular flexibility index (Phi) is 6.18. The molecule has 0 heterocycles. The van der Waals surface area contributed by atoms with Crippen LogP contribution in [0.4, 0.5) is 10.1 Å². The summed E-state index contributed by atoms with van der Waals surface area (Å²) >= 11 is 5.83. The van der Waals surface area contributed by atoms with Crippen molar-refractivity contribution in [2.24, 2.45) is 0 Å². The highest BCUT2D eigenvalue weighted by Gasteiger charge is 2.19. The summed E-state index contributed by atoms with van der Waals surface area (Å²) in [5.41, 5.74) is 0.452. The molecule has 0 aromatic heterocycles. The fourth-order valence-corrected chi connectivity index (χ4v) is 3.44. The monoisotopic (exact) mass is 395 g/mol. The Labute approximate surface area is 155 Å². The maximum absolute atomic E-state index is 13.7. The second-order valence-electron chi connectivity index (χ2n) is 5.35. The van der Waals surface area contributed by atoms with E-state index in [1.54, 1.807) is 0 Å². The Bertz CT molecular complexity index is 936. The van der Waals surface area contributed by atoms with Gasteiger partial charge in [0, 0.05) is 6.54 Å². The number of nitriles is 1. The minimum Gasteiger partial charge on any atom is -0.350 e. The number of carbonyl (C=O) groups excluding carboxylic acids is 1. The zero-order valence-corrected chi connectivity index (χ0v) is 15.3. The van der Waals surface area contributed by atoms with E-state index in [-0.39, 0.29) is 23.7 Å². The number of nitrogens with one attached hydrogen (secondary N) is 1. The minimum absolute atomic E-state index is 0.0328. The summed E-state index contributed by atoms with van der Waals surface area (Å²) in [6.45, 7) is -0.126. The van der Waals surface area contributed by atoms with E-state index >= 15 is 0 Å². The molecule has 1 amide bonds. The molecule has 0 bridgehead atoms. The number of sulfonamides is 1. The van der Waals surface area contributed by atoms with Gasteiger partial charge in [0.2, 0.25) is 10.0 Å². The van der Waals surface area contributed by atoms with Crippen LogP contribution in [0.25, 0.3) is 0 Å².